The summed E-state index contributed by atoms with van der Waals surface area (Å²) in [6.07, 6.45) is 0. The number of imide groups is 1. The molecule has 1 saturated heterocycles. The molecule has 9 heteroatoms. The molecule has 0 spiro atoms. The van der Waals surface area contributed by atoms with Gasteiger partial charge in [-0.1, -0.05) is 30.0 Å². The van der Waals surface area contributed by atoms with E-state index in [2.05, 4.69) is 10.6 Å². The summed E-state index contributed by atoms with van der Waals surface area (Å²) in [5, 5.41) is 5.12. The van der Waals surface area contributed by atoms with Gasteiger partial charge in [-0.3, -0.25) is 14.9 Å². The van der Waals surface area contributed by atoms with E-state index in [-0.39, 0.29) is 30.7 Å². The lowest BCUT2D eigenvalue weighted by Crippen LogP contribution is -2.28. The third kappa shape index (κ3) is 5.74. The van der Waals surface area contributed by atoms with Gasteiger partial charge in [-0.15, -0.1) is 0 Å². The number of ether oxygens (including phenoxy) is 1. The molecule has 0 aromatic heterocycles. The molecule has 34 heavy (non-hydrogen) atoms. The molecule has 3 aromatic carbocycles. The zero-order valence-electron chi connectivity index (χ0n) is 18.3. The van der Waals surface area contributed by atoms with Crippen molar-refractivity contribution < 1.29 is 23.5 Å². The average Bonchev–Trinajstić information content (AvgIpc) is 3.16. The molecule has 7 nitrogen and oxygen atoms in total. The number of methoxy groups -OCH3 is 1. The highest BCUT2D eigenvalue weighted by atomic mass is 32.2. The van der Waals surface area contributed by atoms with Crippen molar-refractivity contribution >= 4 is 29.6 Å². The molecule has 1 aliphatic rings. The van der Waals surface area contributed by atoms with Crippen molar-refractivity contribution in [1.29, 1.82) is 0 Å². The molecule has 3 aromatic rings. The first-order chi connectivity index (χ1) is 16.4. The van der Waals surface area contributed by atoms with Gasteiger partial charge in [0.15, 0.2) is 0 Å². The Kier molecular flexibility index (Phi) is 7.12. The minimum atomic E-state index is -0.451. The second-order valence-corrected chi connectivity index (χ2v) is 8.77. The van der Waals surface area contributed by atoms with Crippen molar-refractivity contribution in [3.63, 3.8) is 0 Å². The van der Waals surface area contributed by atoms with Gasteiger partial charge < -0.3 is 15.0 Å². The van der Waals surface area contributed by atoms with Crippen LogP contribution in [0.5, 0.6) is 5.75 Å². The fourth-order valence-electron chi connectivity index (χ4n) is 3.45. The Morgan fingerprint density at radius 2 is 1.68 bits per heavy atom. The van der Waals surface area contributed by atoms with Gasteiger partial charge in [-0.2, -0.15) is 0 Å². The van der Waals surface area contributed by atoms with E-state index in [4.69, 9.17) is 4.74 Å². The van der Waals surface area contributed by atoms with Gasteiger partial charge in [0.05, 0.1) is 12.7 Å². The van der Waals surface area contributed by atoms with E-state index >= 15 is 0 Å². The standard InChI is InChI=1S/C25H22FN3O4S/c1-33-22-11-4-17(14-29-15-23(30)28-25(29)32)12-21(22)24(31)27-13-16-2-7-19(8-3-16)34-20-9-5-18(26)6-10-20/h2-12H,13-15H2,1H3,(H,27,31)(H,28,30,32). The van der Waals surface area contributed by atoms with E-state index in [1.807, 2.05) is 24.3 Å². The summed E-state index contributed by atoms with van der Waals surface area (Å²) in [7, 11) is 1.48. The number of hydrogen-bond donors (Lipinski definition) is 2. The molecule has 174 valence electrons. The Labute approximate surface area is 200 Å². The first-order valence-electron chi connectivity index (χ1n) is 10.5. The van der Waals surface area contributed by atoms with Crippen molar-refractivity contribution in [1.82, 2.24) is 15.5 Å². The second-order valence-electron chi connectivity index (χ2n) is 7.63. The van der Waals surface area contributed by atoms with Crippen LogP contribution in [0.25, 0.3) is 0 Å². The monoisotopic (exact) mass is 479 g/mol. The highest BCUT2D eigenvalue weighted by Crippen LogP contribution is 2.28. The molecule has 1 fully saturated rings. The number of nitrogens with zero attached hydrogens (tertiary/aromatic N) is 1. The number of amides is 4. The molecule has 1 heterocycles. The number of benzene rings is 3. The zero-order chi connectivity index (χ0) is 24.1. The first-order valence-corrected chi connectivity index (χ1v) is 11.3. The van der Waals surface area contributed by atoms with Gasteiger partial charge in [0.25, 0.3) is 5.91 Å². The maximum absolute atomic E-state index is 13.1. The minimum absolute atomic E-state index is 0.0121. The van der Waals surface area contributed by atoms with Crippen LogP contribution in [0.15, 0.2) is 76.5 Å². The molecule has 4 amide bonds. The van der Waals surface area contributed by atoms with Crippen LogP contribution < -0.4 is 15.4 Å². The second kappa shape index (κ2) is 10.4. The Morgan fingerprint density at radius 3 is 2.29 bits per heavy atom. The number of carbonyl (C=O) groups is 3. The van der Waals surface area contributed by atoms with E-state index in [1.54, 1.807) is 30.3 Å². The van der Waals surface area contributed by atoms with E-state index in [0.29, 0.717) is 23.4 Å². The molecular formula is C25H22FN3O4S. The highest BCUT2D eigenvalue weighted by Gasteiger charge is 2.27. The van der Waals surface area contributed by atoms with Crippen molar-refractivity contribution in [3.05, 3.63) is 89.2 Å². The van der Waals surface area contributed by atoms with Gasteiger partial charge in [-0.05, 0) is 59.7 Å². The molecule has 1 aliphatic heterocycles. The lowest BCUT2D eigenvalue weighted by atomic mass is 10.1. The third-order valence-electron chi connectivity index (χ3n) is 5.18. The van der Waals surface area contributed by atoms with Crippen LogP contribution in [0.1, 0.15) is 21.5 Å². The molecule has 0 unspecified atom stereocenters. The SMILES string of the molecule is COc1ccc(CN2CC(=O)NC2=O)cc1C(=O)NCc1ccc(Sc2ccc(F)cc2)cc1. The molecule has 0 aliphatic carbocycles. The molecule has 0 bridgehead atoms. The average molecular weight is 480 g/mol. The summed E-state index contributed by atoms with van der Waals surface area (Å²) in [5.74, 6) is -0.521. The Morgan fingerprint density at radius 1 is 1.03 bits per heavy atom. The van der Waals surface area contributed by atoms with Gasteiger partial charge in [0, 0.05) is 22.9 Å². The fourth-order valence-corrected chi connectivity index (χ4v) is 4.27. The third-order valence-corrected chi connectivity index (χ3v) is 6.19. The first kappa shape index (κ1) is 23.3. The number of hydrogen-bond acceptors (Lipinski definition) is 5. The Hall–Kier alpha value is -3.85. The van der Waals surface area contributed by atoms with Gasteiger partial charge in [0.2, 0.25) is 5.91 Å². The summed E-state index contributed by atoms with van der Waals surface area (Å²) in [5.41, 5.74) is 1.96. The maximum Gasteiger partial charge on any atom is 0.324 e. The van der Waals surface area contributed by atoms with Crippen molar-refractivity contribution in [3.8, 4) is 5.75 Å². The highest BCUT2D eigenvalue weighted by molar-refractivity contribution is 7.99. The normalized spacial score (nSPS) is 13.1. The van der Waals surface area contributed by atoms with E-state index < -0.39 is 6.03 Å². The molecule has 0 saturated carbocycles. The van der Waals surface area contributed by atoms with E-state index in [1.165, 1.54) is 35.9 Å². The number of urea groups is 1. The number of rotatable bonds is 8. The smallest absolute Gasteiger partial charge is 0.324 e. The quantitative estimate of drug-likeness (QED) is 0.478. The zero-order valence-corrected chi connectivity index (χ0v) is 19.2. The van der Waals surface area contributed by atoms with Crippen molar-refractivity contribution in [2.75, 3.05) is 13.7 Å². The number of halogens is 1. The van der Waals surface area contributed by atoms with Crippen LogP contribution in [0, 0.1) is 5.82 Å². The van der Waals surface area contributed by atoms with Gasteiger partial charge in [-0.25, -0.2) is 9.18 Å². The summed E-state index contributed by atoms with van der Waals surface area (Å²) in [6.45, 7) is 0.508. The summed E-state index contributed by atoms with van der Waals surface area (Å²) in [4.78, 5) is 39.4. The molecule has 4 rings (SSSR count). The topological polar surface area (TPSA) is 87.7 Å². The van der Waals surface area contributed by atoms with Crippen LogP contribution >= 0.6 is 11.8 Å². The van der Waals surface area contributed by atoms with Gasteiger partial charge >= 0.3 is 6.03 Å². The largest absolute Gasteiger partial charge is 0.496 e. The van der Waals surface area contributed by atoms with E-state index in [0.717, 1.165) is 15.4 Å². The van der Waals surface area contributed by atoms with Crippen LogP contribution in [-0.2, 0) is 17.9 Å². The van der Waals surface area contributed by atoms with Crippen LogP contribution in [0.2, 0.25) is 0 Å². The van der Waals surface area contributed by atoms with Crippen molar-refractivity contribution in [2.24, 2.45) is 0 Å². The number of carbonyl (C=O) groups excluding carboxylic acids is 3. The van der Waals surface area contributed by atoms with E-state index in [9.17, 15) is 18.8 Å². The van der Waals surface area contributed by atoms with Gasteiger partial charge in [0.1, 0.15) is 18.1 Å². The Balaban J connectivity index is 1.38. The summed E-state index contributed by atoms with van der Waals surface area (Å²) >= 11 is 1.52. The lowest BCUT2D eigenvalue weighted by Gasteiger charge is -2.15. The molecule has 0 radical (unpaired) electrons. The Bertz CT molecular complexity index is 1220. The maximum atomic E-state index is 13.1. The predicted octanol–water partition coefficient (Wildman–Crippen LogP) is 3.97. The van der Waals surface area contributed by atoms with Crippen LogP contribution in [-0.4, -0.2) is 36.4 Å². The fraction of sp³-hybridized carbons (Fsp3) is 0.160. The van der Waals surface area contributed by atoms with Crippen LogP contribution in [0.3, 0.4) is 0 Å². The predicted molar refractivity (Wildman–Crippen MR) is 125 cm³/mol. The van der Waals surface area contributed by atoms with Crippen LogP contribution in [0.4, 0.5) is 9.18 Å². The minimum Gasteiger partial charge on any atom is -0.496 e. The number of nitrogens with one attached hydrogen (secondary N) is 2. The summed E-state index contributed by atoms with van der Waals surface area (Å²) < 4.78 is 18.4. The summed E-state index contributed by atoms with van der Waals surface area (Å²) in [6, 6.07) is 18.7. The molecular weight excluding hydrogens is 457 g/mol. The molecule has 2 N–H and O–H groups in total. The van der Waals surface area contributed by atoms with Crippen molar-refractivity contribution in [2.45, 2.75) is 22.9 Å². The lowest BCUT2D eigenvalue weighted by molar-refractivity contribution is -0.118. The molecule has 0 atom stereocenters.